The van der Waals surface area contributed by atoms with Crippen molar-refractivity contribution < 1.29 is 31.6 Å². The molecule has 0 radical (unpaired) electrons. The zero-order valence-electron chi connectivity index (χ0n) is 29.8. The standard InChI is InChI=1S/C39H54O7S2/c1-30-17-19-32(20-18-30)39(33-21-24-35(43-5)25-22-33,47-28-14-9-8-13-27-45-48(7,41)42)34-23-26-36(44-6)31(29-34)15-11-10-12-16-37(40)46-38(2,3)4/h17-26,29H,8-16,27-28H2,1-7H3. The third-order valence-electron chi connectivity index (χ3n) is 8.04. The predicted octanol–water partition coefficient (Wildman–Crippen LogP) is 9.02. The van der Waals surface area contributed by atoms with E-state index < -0.39 is 20.5 Å². The first kappa shape index (κ1) is 39.4. The van der Waals surface area contributed by atoms with E-state index in [0.29, 0.717) is 12.8 Å². The molecule has 48 heavy (non-hydrogen) atoms. The summed E-state index contributed by atoms with van der Waals surface area (Å²) in [4.78, 5) is 12.2. The average molecular weight is 699 g/mol. The summed E-state index contributed by atoms with van der Waals surface area (Å²) in [6.07, 6.45) is 8.53. The molecule has 1 unspecified atom stereocenters. The number of carbonyl (C=O) groups is 1. The number of benzene rings is 3. The van der Waals surface area contributed by atoms with E-state index in [9.17, 15) is 13.2 Å². The number of unbranched alkanes of at least 4 members (excludes halogenated alkanes) is 5. The summed E-state index contributed by atoms with van der Waals surface area (Å²) in [7, 11) is -0.0115. The fraction of sp³-hybridized carbons (Fsp3) is 0.513. The van der Waals surface area contributed by atoms with Gasteiger partial charge in [0.15, 0.2) is 0 Å². The lowest BCUT2D eigenvalue weighted by Gasteiger charge is -2.36. The highest BCUT2D eigenvalue weighted by Gasteiger charge is 2.37. The molecule has 3 rings (SSSR count). The summed E-state index contributed by atoms with van der Waals surface area (Å²) < 4.78 is 43.9. The van der Waals surface area contributed by atoms with Crippen molar-refractivity contribution in [1.29, 1.82) is 0 Å². The second kappa shape index (κ2) is 18.7. The van der Waals surface area contributed by atoms with Crippen LogP contribution in [-0.2, 0) is 35.0 Å². The van der Waals surface area contributed by atoms with Gasteiger partial charge in [-0.05, 0) is 106 Å². The summed E-state index contributed by atoms with van der Waals surface area (Å²) in [5.41, 5.74) is 5.40. The summed E-state index contributed by atoms with van der Waals surface area (Å²) in [6.45, 7) is 8.01. The molecule has 9 heteroatoms. The Bertz CT molecular complexity index is 1530. The number of hydrogen-bond donors (Lipinski definition) is 0. The minimum atomic E-state index is -3.41. The van der Waals surface area contributed by atoms with Crippen molar-refractivity contribution in [1.82, 2.24) is 0 Å². The molecular formula is C39H54O7S2. The van der Waals surface area contributed by atoms with Crippen LogP contribution in [0.5, 0.6) is 11.5 Å². The first-order valence-electron chi connectivity index (χ1n) is 16.9. The number of carbonyl (C=O) groups excluding carboxylic acids is 1. The van der Waals surface area contributed by atoms with Crippen LogP contribution in [0.4, 0.5) is 0 Å². The molecule has 7 nitrogen and oxygen atoms in total. The molecule has 0 amide bonds. The second-order valence-electron chi connectivity index (χ2n) is 13.2. The number of aryl methyl sites for hydroxylation is 2. The zero-order chi connectivity index (χ0) is 35.2. The Balaban J connectivity index is 1.90. The Labute approximate surface area is 293 Å². The van der Waals surface area contributed by atoms with Crippen molar-refractivity contribution in [3.8, 4) is 11.5 Å². The summed E-state index contributed by atoms with van der Waals surface area (Å²) in [5.74, 6) is 2.42. The molecule has 0 aliphatic carbocycles. The van der Waals surface area contributed by atoms with Crippen LogP contribution >= 0.6 is 11.8 Å². The summed E-state index contributed by atoms with van der Waals surface area (Å²) >= 11 is 1.92. The van der Waals surface area contributed by atoms with Crippen molar-refractivity contribution in [3.63, 3.8) is 0 Å². The van der Waals surface area contributed by atoms with Gasteiger partial charge in [-0.25, -0.2) is 0 Å². The lowest BCUT2D eigenvalue weighted by molar-refractivity contribution is -0.154. The van der Waals surface area contributed by atoms with Gasteiger partial charge in [-0.2, -0.15) is 8.42 Å². The molecule has 1 atom stereocenters. The van der Waals surface area contributed by atoms with Crippen molar-refractivity contribution in [2.45, 2.75) is 95.8 Å². The van der Waals surface area contributed by atoms with E-state index in [1.54, 1.807) is 14.2 Å². The molecule has 3 aromatic rings. The van der Waals surface area contributed by atoms with E-state index >= 15 is 0 Å². The van der Waals surface area contributed by atoms with Crippen LogP contribution in [0.3, 0.4) is 0 Å². The van der Waals surface area contributed by atoms with Crippen LogP contribution < -0.4 is 9.47 Å². The first-order chi connectivity index (χ1) is 22.8. The first-order valence-corrected chi connectivity index (χ1v) is 19.7. The molecule has 0 aliphatic heterocycles. The molecule has 0 aromatic heterocycles. The van der Waals surface area contributed by atoms with Gasteiger partial charge in [0.25, 0.3) is 10.1 Å². The maximum atomic E-state index is 12.2. The minimum absolute atomic E-state index is 0.149. The Morgan fingerprint density at radius 3 is 1.96 bits per heavy atom. The number of esters is 1. The fourth-order valence-corrected chi connectivity index (χ4v) is 7.68. The van der Waals surface area contributed by atoms with E-state index in [2.05, 4.69) is 61.5 Å². The van der Waals surface area contributed by atoms with Crippen molar-refractivity contribution in [2.75, 3.05) is 32.8 Å². The van der Waals surface area contributed by atoms with Gasteiger partial charge in [-0.1, -0.05) is 73.4 Å². The molecule has 0 N–H and O–H groups in total. The second-order valence-corrected chi connectivity index (χ2v) is 16.2. The molecule has 0 saturated heterocycles. The number of hydrogen-bond acceptors (Lipinski definition) is 8. The van der Waals surface area contributed by atoms with Crippen LogP contribution in [0.25, 0.3) is 0 Å². The number of methoxy groups -OCH3 is 2. The highest BCUT2D eigenvalue weighted by molar-refractivity contribution is 8.00. The quantitative estimate of drug-likeness (QED) is 0.0500. The Kier molecular flexibility index (Phi) is 15.3. The maximum Gasteiger partial charge on any atom is 0.306 e. The Morgan fingerprint density at radius 1 is 0.750 bits per heavy atom. The largest absolute Gasteiger partial charge is 0.497 e. The van der Waals surface area contributed by atoms with E-state index in [1.165, 1.54) is 16.7 Å². The molecular weight excluding hydrogens is 645 g/mol. The van der Waals surface area contributed by atoms with Crippen molar-refractivity contribution in [3.05, 3.63) is 94.5 Å². The van der Waals surface area contributed by atoms with Crippen molar-refractivity contribution in [2.24, 2.45) is 0 Å². The van der Waals surface area contributed by atoms with Gasteiger partial charge < -0.3 is 14.2 Å². The third-order valence-corrected chi connectivity index (χ3v) is 10.3. The van der Waals surface area contributed by atoms with Gasteiger partial charge in [-0.15, -0.1) is 11.8 Å². The van der Waals surface area contributed by atoms with E-state index in [4.69, 9.17) is 18.4 Å². The molecule has 3 aromatic carbocycles. The molecule has 0 saturated carbocycles. The lowest BCUT2D eigenvalue weighted by Crippen LogP contribution is -2.26. The summed E-state index contributed by atoms with van der Waals surface area (Å²) in [6, 6.07) is 23.7. The van der Waals surface area contributed by atoms with Gasteiger partial charge in [-0.3, -0.25) is 8.98 Å². The smallest absolute Gasteiger partial charge is 0.306 e. The van der Waals surface area contributed by atoms with Gasteiger partial charge in [0.05, 0.1) is 31.8 Å². The molecule has 264 valence electrons. The number of thioether (sulfide) groups is 1. The van der Waals surface area contributed by atoms with Crippen molar-refractivity contribution >= 4 is 27.8 Å². The van der Waals surface area contributed by atoms with Crippen LogP contribution in [-0.4, -0.2) is 52.8 Å². The highest BCUT2D eigenvalue weighted by Crippen LogP contribution is 2.50. The van der Waals surface area contributed by atoms with E-state index in [0.717, 1.165) is 79.6 Å². The van der Waals surface area contributed by atoms with Crippen LogP contribution in [0.1, 0.15) is 100.0 Å². The normalized spacial score (nSPS) is 13.1. The maximum absolute atomic E-state index is 12.2. The highest BCUT2D eigenvalue weighted by atomic mass is 32.2. The lowest BCUT2D eigenvalue weighted by atomic mass is 9.82. The van der Waals surface area contributed by atoms with Gasteiger partial charge >= 0.3 is 5.97 Å². The number of ether oxygens (including phenoxy) is 3. The number of rotatable bonds is 20. The van der Waals surface area contributed by atoms with Crippen LogP contribution in [0.2, 0.25) is 0 Å². The summed E-state index contributed by atoms with van der Waals surface area (Å²) in [5, 5.41) is 0. The van der Waals surface area contributed by atoms with E-state index in [1.807, 2.05) is 44.7 Å². The molecule has 0 fully saturated rings. The topological polar surface area (TPSA) is 88.1 Å². The fourth-order valence-electron chi connectivity index (χ4n) is 5.70. The molecule has 0 spiro atoms. The minimum Gasteiger partial charge on any atom is -0.497 e. The predicted molar refractivity (Wildman–Crippen MR) is 197 cm³/mol. The SMILES string of the molecule is COc1ccc(C(SCCCCCCOS(C)(=O)=O)(c2ccc(C)cc2)c2ccc(OC)c(CCCCCC(=O)OC(C)(C)C)c2)cc1. The molecule has 0 heterocycles. The van der Waals surface area contributed by atoms with Gasteiger partial charge in [0.1, 0.15) is 17.1 Å². The monoisotopic (exact) mass is 698 g/mol. The Hall–Kier alpha value is -3.01. The average Bonchev–Trinajstić information content (AvgIpc) is 3.03. The zero-order valence-corrected chi connectivity index (χ0v) is 31.4. The van der Waals surface area contributed by atoms with Crippen LogP contribution in [0, 0.1) is 6.92 Å². The van der Waals surface area contributed by atoms with Gasteiger partial charge in [0, 0.05) is 6.42 Å². The van der Waals surface area contributed by atoms with E-state index in [-0.39, 0.29) is 12.6 Å². The van der Waals surface area contributed by atoms with Crippen LogP contribution in [0.15, 0.2) is 66.7 Å². The third kappa shape index (κ3) is 12.5. The molecule has 0 aliphatic rings. The van der Waals surface area contributed by atoms with Gasteiger partial charge in [0.2, 0.25) is 0 Å². The molecule has 0 bridgehead atoms. The Morgan fingerprint density at radius 2 is 1.35 bits per heavy atom.